The lowest BCUT2D eigenvalue weighted by atomic mass is 10.3. The van der Waals surface area contributed by atoms with E-state index in [1.54, 1.807) is 10.6 Å². The van der Waals surface area contributed by atoms with E-state index in [-0.39, 0.29) is 58.5 Å². The standard InChI is InChI=1S/C19H34F6N3O5P/c1-3-5-13-32-34(31,33-14-6-4-2)15-28(11-7-9-26-16(29)18(20,21)22)12-8-10-27-17(30)19(23,24)25/h3-15H2,1-2H3,(H,26,29)(H,27,30). The normalized spacial score (nSPS) is 12.7. The van der Waals surface area contributed by atoms with Gasteiger partial charge in [0.05, 0.1) is 13.2 Å². The van der Waals surface area contributed by atoms with Gasteiger partial charge in [-0.05, 0) is 25.7 Å². The molecule has 2 amide bonds. The summed E-state index contributed by atoms with van der Waals surface area (Å²) >= 11 is 0. The summed E-state index contributed by atoms with van der Waals surface area (Å²) in [5.74, 6) is -4.18. The molecule has 0 fully saturated rings. The number of rotatable bonds is 18. The third-order valence-electron chi connectivity index (χ3n) is 4.33. The van der Waals surface area contributed by atoms with Crippen molar-refractivity contribution in [3.63, 3.8) is 0 Å². The smallest absolute Gasteiger partial charge is 0.348 e. The quantitative estimate of drug-likeness (QED) is 0.157. The van der Waals surface area contributed by atoms with Gasteiger partial charge in [-0.2, -0.15) is 26.3 Å². The Kier molecular flexibility index (Phi) is 15.7. The first-order valence-corrected chi connectivity index (χ1v) is 12.8. The van der Waals surface area contributed by atoms with Crippen LogP contribution in [0.1, 0.15) is 52.4 Å². The Labute approximate surface area is 195 Å². The maximum atomic E-state index is 13.2. The van der Waals surface area contributed by atoms with Gasteiger partial charge < -0.3 is 19.7 Å². The van der Waals surface area contributed by atoms with Crippen LogP contribution < -0.4 is 10.6 Å². The molecule has 0 atom stereocenters. The minimum atomic E-state index is -5.02. The molecule has 8 nitrogen and oxygen atoms in total. The summed E-state index contributed by atoms with van der Waals surface area (Å²) in [6.07, 6.45) is -7.41. The summed E-state index contributed by atoms with van der Waals surface area (Å²) in [6, 6.07) is 0. The van der Waals surface area contributed by atoms with Crippen molar-refractivity contribution in [2.24, 2.45) is 0 Å². The van der Waals surface area contributed by atoms with E-state index in [2.05, 4.69) is 0 Å². The maximum Gasteiger partial charge on any atom is 0.471 e. The molecule has 0 saturated heterocycles. The van der Waals surface area contributed by atoms with Crippen LogP contribution >= 0.6 is 7.60 Å². The summed E-state index contributed by atoms with van der Waals surface area (Å²) in [6.45, 7) is 3.61. The number of halogens is 6. The summed E-state index contributed by atoms with van der Waals surface area (Å²) in [5, 5.41) is 3.44. The number of carbonyl (C=O) groups excluding carboxylic acids is 2. The number of hydrogen-bond acceptors (Lipinski definition) is 6. The lowest BCUT2D eigenvalue weighted by Gasteiger charge is -2.27. The fraction of sp³-hybridized carbons (Fsp3) is 0.895. The Morgan fingerprint density at radius 2 is 1.15 bits per heavy atom. The molecule has 0 spiro atoms. The van der Waals surface area contributed by atoms with Gasteiger partial charge in [-0.25, -0.2) is 0 Å². The fourth-order valence-corrected chi connectivity index (χ4v) is 4.35. The summed E-state index contributed by atoms with van der Waals surface area (Å²) in [5.41, 5.74) is 0. The van der Waals surface area contributed by atoms with Crippen LogP contribution in [0.15, 0.2) is 0 Å². The molecule has 0 heterocycles. The van der Waals surface area contributed by atoms with Crippen LogP contribution in [0.5, 0.6) is 0 Å². The maximum absolute atomic E-state index is 13.2. The van der Waals surface area contributed by atoms with E-state index in [1.807, 2.05) is 13.8 Å². The van der Waals surface area contributed by atoms with E-state index in [9.17, 15) is 40.5 Å². The fourth-order valence-electron chi connectivity index (χ4n) is 2.52. The molecular weight excluding hydrogens is 495 g/mol. The highest BCUT2D eigenvalue weighted by Crippen LogP contribution is 2.49. The average molecular weight is 529 g/mol. The molecular formula is C19H34F6N3O5P. The molecule has 0 aromatic carbocycles. The predicted octanol–water partition coefficient (Wildman–Crippen LogP) is 4.21. The first-order chi connectivity index (χ1) is 15.7. The molecule has 0 aliphatic rings. The number of hydrogen-bond donors (Lipinski definition) is 2. The Morgan fingerprint density at radius 3 is 1.47 bits per heavy atom. The van der Waals surface area contributed by atoms with Crippen LogP contribution in [0.2, 0.25) is 0 Å². The van der Waals surface area contributed by atoms with E-state index in [1.165, 1.54) is 4.90 Å². The lowest BCUT2D eigenvalue weighted by Crippen LogP contribution is -2.39. The average Bonchev–Trinajstić information content (AvgIpc) is 2.72. The van der Waals surface area contributed by atoms with Crippen LogP contribution in [0.25, 0.3) is 0 Å². The molecule has 0 aromatic heterocycles. The topological polar surface area (TPSA) is 97.0 Å². The molecule has 0 aliphatic heterocycles. The molecule has 2 N–H and O–H groups in total. The Balaban J connectivity index is 5.04. The van der Waals surface area contributed by atoms with Gasteiger partial charge in [-0.1, -0.05) is 26.7 Å². The van der Waals surface area contributed by atoms with Gasteiger partial charge in [0.2, 0.25) is 0 Å². The van der Waals surface area contributed by atoms with Gasteiger partial charge in [0.25, 0.3) is 0 Å². The van der Waals surface area contributed by atoms with Crippen molar-refractivity contribution in [1.29, 1.82) is 0 Å². The van der Waals surface area contributed by atoms with Crippen LogP contribution in [-0.2, 0) is 23.2 Å². The van der Waals surface area contributed by atoms with Crippen LogP contribution in [0.3, 0.4) is 0 Å². The monoisotopic (exact) mass is 529 g/mol. The molecule has 0 aliphatic carbocycles. The van der Waals surface area contributed by atoms with E-state index in [0.717, 1.165) is 12.8 Å². The van der Waals surface area contributed by atoms with E-state index >= 15 is 0 Å². The minimum absolute atomic E-state index is 0.0423. The van der Waals surface area contributed by atoms with Crippen molar-refractivity contribution in [1.82, 2.24) is 15.5 Å². The van der Waals surface area contributed by atoms with Gasteiger partial charge in [0.1, 0.15) is 6.29 Å². The van der Waals surface area contributed by atoms with E-state index in [0.29, 0.717) is 12.8 Å². The number of amides is 2. The molecule has 0 unspecified atom stereocenters. The highest BCUT2D eigenvalue weighted by molar-refractivity contribution is 7.53. The number of nitrogens with zero attached hydrogens (tertiary/aromatic N) is 1. The molecule has 202 valence electrons. The molecule has 15 heteroatoms. The second-order valence-electron chi connectivity index (χ2n) is 7.46. The first kappa shape index (κ1) is 32.6. The molecule has 0 bridgehead atoms. The zero-order valence-corrected chi connectivity index (χ0v) is 20.3. The molecule has 0 aromatic rings. The molecule has 34 heavy (non-hydrogen) atoms. The highest BCUT2D eigenvalue weighted by Gasteiger charge is 2.39. The second-order valence-corrected chi connectivity index (χ2v) is 9.48. The van der Waals surface area contributed by atoms with Crippen molar-refractivity contribution in [2.75, 3.05) is 45.7 Å². The molecule has 0 radical (unpaired) electrons. The number of carbonyl (C=O) groups is 2. The first-order valence-electron chi connectivity index (χ1n) is 11.1. The van der Waals surface area contributed by atoms with Gasteiger partial charge >= 0.3 is 31.8 Å². The van der Waals surface area contributed by atoms with Crippen molar-refractivity contribution in [3.05, 3.63) is 0 Å². The Bertz CT molecular complexity index is 601. The van der Waals surface area contributed by atoms with E-state index < -0.39 is 31.8 Å². The Morgan fingerprint density at radius 1 is 0.765 bits per heavy atom. The molecule has 0 rings (SSSR count). The van der Waals surface area contributed by atoms with Gasteiger partial charge in [-0.3, -0.25) is 19.1 Å². The summed E-state index contributed by atoms with van der Waals surface area (Å²) in [4.78, 5) is 23.4. The van der Waals surface area contributed by atoms with Crippen LogP contribution in [0, 0.1) is 0 Å². The minimum Gasteiger partial charge on any atom is -0.348 e. The van der Waals surface area contributed by atoms with Crippen molar-refractivity contribution in [2.45, 2.75) is 64.7 Å². The SMILES string of the molecule is CCCCOP(=O)(CN(CCCNC(=O)C(F)(F)F)CCCNC(=O)C(F)(F)F)OCCCC. The molecule has 0 saturated carbocycles. The summed E-state index contributed by atoms with van der Waals surface area (Å²) in [7, 11) is -3.63. The second kappa shape index (κ2) is 16.3. The van der Waals surface area contributed by atoms with E-state index in [4.69, 9.17) is 9.05 Å². The van der Waals surface area contributed by atoms with Crippen LogP contribution in [-0.4, -0.2) is 74.7 Å². The van der Waals surface area contributed by atoms with Gasteiger partial charge in [0.15, 0.2) is 0 Å². The van der Waals surface area contributed by atoms with Crippen LogP contribution in [0.4, 0.5) is 26.3 Å². The van der Waals surface area contributed by atoms with Gasteiger partial charge in [0, 0.05) is 26.2 Å². The van der Waals surface area contributed by atoms with Crippen molar-refractivity contribution < 1.29 is 49.5 Å². The number of nitrogens with one attached hydrogen (secondary N) is 2. The third-order valence-corrected chi connectivity index (χ3v) is 6.23. The summed E-state index contributed by atoms with van der Waals surface area (Å²) < 4.78 is 98.0. The van der Waals surface area contributed by atoms with Crippen molar-refractivity contribution in [3.8, 4) is 0 Å². The zero-order valence-electron chi connectivity index (χ0n) is 19.4. The Hall–Kier alpha value is -1.37. The lowest BCUT2D eigenvalue weighted by molar-refractivity contribution is -0.173. The largest absolute Gasteiger partial charge is 0.471 e. The van der Waals surface area contributed by atoms with Gasteiger partial charge in [-0.15, -0.1) is 0 Å². The predicted molar refractivity (Wildman–Crippen MR) is 113 cm³/mol. The highest BCUT2D eigenvalue weighted by atomic mass is 31.2. The number of alkyl halides is 6. The number of unbranched alkanes of at least 4 members (excludes halogenated alkanes) is 2. The zero-order chi connectivity index (χ0) is 26.3. The third kappa shape index (κ3) is 15.5. The van der Waals surface area contributed by atoms with Crippen molar-refractivity contribution >= 4 is 19.4 Å².